The van der Waals surface area contributed by atoms with E-state index < -0.39 is 0 Å². The molecule has 1 aromatic heterocycles. The number of hydrogen-bond donors (Lipinski definition) is 0. The second-order valence-electron chi connectivity index (χ2n) is 6.39. The first-order chi connectivity index (χ1) is 12.1. The fourth-order valence-electron chi connectivity index (χ4n) is 3.31. The van der Waals surface area contributed by atoms with E-state index in [0.717, 1.165) is 30.7 Å². The lowest BCUT2D eigenvalue weighted by atomic mass is 10.0. The highest BCUT2D eigenvalue weighted by molar-refractivity contribution is 8.00. The maximum absolute atomic E-state index is 13.2. The van der Waals surface area contributed by atoms with Crippen LogP contribution in [0.1, 0.15) is 44.2 Å². The minimum absolute atomic E-state index is 0.122. The summed E-state index contributed by atoms with van der Waals surface area (Å²) >= 11 is 7.54. The second kappa shape index (κ2) is 8.72. The number of carbonyl (C=O) groups is 1. The van der Waals surface area contributed by atoms with Gasteiger partial charge in [0.2, 0.25) is 5.91 Å². The highest BCUT2D eigenvalue weighted by Gasteiger charge is 2.30. The molecule has 1 amide bonds. The number of aromatic nitrogens is 1. The van der Waals surface area contributed by atoms with Crippen molar-refractivity contribution in [2.75, 3.05) is 6.54 Å². The van der Waals surface area contributed by atoms with E-state index in [9.17, 15) is 4.79 Å². The van der Waals surface area contributed by atoms with Crippen molar-refractivity contribution in [3.05, 3.63) is 59.4 Å². The maximum atomic E-state index is 13.2. The summed E-state index contributed by atoms with van der Waals surface area (Å²) in [4.78, 5) is 20.4. The fraction of sp³-hybridized carbons (Fsp3) is 0.400. The smallest absolute Gasteiger partial charge is 0.236 e. The van der Waals surface area contributed by atoms with Crippen molar-refractivity contribution in [2.45, 2.75) is 48.8 Å². The van der Waals surface area contributed by atoms with E-state index >= 15 is 0 Å². The number of benzene rings is 1. The van der Waals surface area contributed by atoms with Crippen LogP contribution in [0.3, 0.4) is 0 Å². The summed E-state index contributed by atoms with van der Waals surface area (Å²) in [5.74, 6) is 0.212. The minimum atomic E-state index is -0.122. The van der Waals surface area contributed by atoms with Crippen molar-refractivity contribution in [2.24, 2.45) is 0 Å². The molecule has 3 nitrogen and oxygen atoms in total. The van der Waals surface area contributed by atoms with Crippen LogP contribution in [0.4, 0.5) is 0 Å². The summed E-state index contributed by atoms with van der Waals surface area (Å²) in [6, 6.07) is 11.9. The number of carbonyl (C=O) groups excluding carboxylic acids is 1. The molecule has 132 valence electrons. The predicted octanol–water partition coefficient (Wildman–Crippen LogP) is 5.36. The van der Waals surface area contributed by atoms with Crippen molar-refractivity contribution in [3.63, 3.8) is 0 Å². The van der Waals surface area contributed by atoms with Crippen LogP contribution in [0.2, 0.25) is 5.02 Å². The van der Waals surface area contributed by atoms with E-state index in [0.29, 0.717) is 5.02 Å². The van der Waals surface area contributed by atoms with E-state index in [2.05, 4.69) is 9.88 Å². The van der Waals surface area contributed by atoms with Crippen LogP contribution < -0.4 is 0 Å². The van der Waals surface area contributed by atoms with Gasteiger partial charge in [0.05, 0.1) is 11.3 Å². The molecule has 1 aliphatic heterocycles. The lowest BCUT2D eigenvalue weighted by Crippen LogP contribution is -2.39. The van der Waals surface area contributed by atoms with E-state index in [4.69, 9.17) is 11.6 Å². The van der Waals surface area contributed by atoms with Crippen LogP contribution in [0.5, 0.6) is 0 Å². The number of halogens is 1. The fourth-order valence-corrected chi connectivity index (χ4v) is 4.37. The summed E-state index contributed by atoms with van der Waals surface area (Å²) < 4.78 is 0. The summed E-state index contributed by atoms with van der Waals surface area (Å²) in [6.07, 6.45) is 8.07. The van der Waals surface area contributed by atoms with Crippen molar-refractivity contribution in [3.8, 4) is 0 Å². The first-order valence-electron chi connectivity index (χ1n) is 8.78. The average Bonchev–Trinajstić information content (AvgIpc) is 2.89. The Morgan fingerprint density at radius 2 is 1.88 bits per heavy atom. The Kier molecular flexibility index (Phi) is 6.38. The van der Waals surface area contributed by atoms with Crippen molar-refractivity contribution >= 4 is 29.3 Å². The molecule has 5 heteroatoms. The number of nitrogens with zero attached hydrogens (tertiary/aromatic N) is 2. The lowest BCUT2D eigenvalue weighted by Gasteiger charge is -2.32. The van der Waals surface area contributed by atoms with Gasteiger partial charge < -0.3 is 4.90 Å². The van der Waals surface area contributed by atoms with Gasteiger partial charge in [-0.2, -0.15) is 0 Å². The Bertz CT molecular complexity index is 693. The molecule has 1 aromatic carbocycles. The van der Waals surface area contributed by atoms with Gasteiger partial charge in [-0.25, -0.2) is 0 Å². The van der Waals surface area contributed by atoms with E-state index in [1.54, 1.807) is 11.8 Å². The maximum Gasteiger partial charge on any atom is 0.236 e. The van der Waals surface area contributed by atoms with E-state index in [1.807, 2.05) is 55.7 Å². The van der Waals surface area contributed by atoms with Gasteiger partial charge in [-0.1, -0.05) is 24.4 Å². The first kappa shape index (κ1) is 18.3. The van der Waals surface area contributed by atoms with Gasteiger partial charge in [-0.3, -0.25) is 9.78 Å². The third-order valence-electron chi connectivity index (χ3n) is 4.60. The Labute approximate surface area is 158 Å². The number of pyridine rings is 1. The standard InChI is InChI=1S/C20H23ClN2OS/c1-15(25-18-8-6-17(21)7-9-18)20(24)23-14-4-2-3-5-19(23)16-10-12-22-13-11-16/h6-13,15,19H,2-5,14H2,1H3. The third-order valence-corrected chi connectivity index (χ3v) is 5.95. The van der Waals surface area contributed by atoms with E-state index in [-0.39, 0.29) is 17.2 Å². The second-order valence-corrected chi connectivity index (χ2v) is 8.24. The molecule has 25 heavy (non-hydrogen) atoms. The van der Waals surface area contributed by atoms with Gasteiger partial charge in [-0.05, 0) is 61.7 Å². The average molecular weight is 375 g/mol. The molecule has 0 aliphatic carbocycles. The highest BCUT2D eigenvalue weighted by Crippen LogP contribution is 2.33. The first-order valence-corrected chi connectivity index (χ1v) is 10.0. The van der Waals surface area contributed by atoms with Crippen LogP contribution >= 0.6 is 23.4 Å². The van der Waals surface area contributed by atoms with Gasteiger partial charge in [-0.15, -0.1) is 11.8 Å². The minimum Gasteiger partial charge on any atom is -0.335 e. The Morgan fingerprint density at radius 3 is 2.60 bits per heavy atom. The SMILES string of the molecule is CC(Sc1ccc(Cl)cc1)C(=O)N1CCCCCC1c1ccncc1. The molecule has 1 aliphatic rings. The highest BCUT2D eigenvalue weighted by atomic mass is 35.5. The van der Waals surface area contributed by atoms with Crippen molar-refractivity contribution < 1.29 is 4.79 Å². The topological polar surface area (TPSA) is 33.2 Å². The van der Waals surface area contributed by atoms with Gasteiger partial charge >= 0.3 is 0 Å². The molecule has 2 aromatic rings. The molecule has 2 unspecified atom stereocenters. The van der Waals surface area contributed by atoms with E-state index in [1.165, 1.54) is 12.0 Å². The van der Waals surface area contributed by atoms with Crippen LogP contribution in [-0.4, -0.2) is 27.6 Å². The van der Waals surface area contributed by atoms with Crippen LogP contribution in [0.25, 0.3) is 0 Å². The van der Waals surface area contributed by atoms with Gasteiger partial charge in [0, 0.05) is 28.9 Å². The molecular formula is C20H23ClN2OS. The summed E-state index contributed by atoms with van der Waals surface area (Å²) in [5.41, 5.74) is 1.19. The Hall–Kier alpha value is -1.52. The van der Waals surface area contributed by atoms with Crippen LogP contribution in [-0.2, 0) is 4.79 Å². The molecule has 0 N–H and O–H groups in total. The lowest BCUT2D eigenvalue weighted by molar-refractivity contribution is -0.132. The van der Waals surface area contributed by atoms with Crippen molar-refractivity contribution in [1.82, 2.24) is 9.88 Å². The molecule has 3 rings (SSSR count). The van der Waals surface area contributed by atoms with Gasteiger partial charge in [0.25, 0.3) is 0 Å². The molecule has 2 atom stereocenters. The largest absolute Gasteiger partial charge is 0.335 e. The Morgan fingerprint density at radius 1 is 1.16 bits per heavy atom. The molecular weight excluding hydrogens is 352 g/mol. The third kappa shape index (κ3) is 4.77. The monoisotopic (exact) mass is 374 g/mol. The molecule has 0 spiro atoms. The molecule has 1 fully saturated rings. The van der Waals surface area contributed by atoms with Gasteiger partial charge in [0.15, 0.2) is 0 Å². The zero-order valence-electron chi connectivity index (χ0n) is 14.4. The molecule has 0 radical (unpaired) electrons. The predicted molar refractivity (Wildman–Crippen MR) is 104 cm³/mol. The summed E-state index contributed by atoms with van der Waals surface area (Å²) in [7, 11) is 0. The molecule has 2 heterocycles. The summed E-state index contributed by atoms with van der Waals surface area (Å²) in [6.45, 7) is 2.83. The zero-order valence-corrected chi connectivity index (χ0v) is 16.0. The molecule has 1 saturated heterocycles. The van der Waals surface area contributed by atoms with Gasteiger partial charge in [0.1, 0.15) is 0 Å². The number of hydrogen-bond acceptors (Lipinski definition) is 3. The van der Waals surface area contributed by atoms with Crippen molar-refractivity contribution in [1.29, 1.82) is 0 Å². The molecule has 0 saturated carbocycles. The number of likely N-dealkylation sites (tertiary alicyclic amines) is 1. The number of rotatable bonds is 4. The molecule has 0 bridgehead atoms. The number of thioether (sulfide) groups is 1. The van der Waals surface area contributed by atoms with Crippen LogP contribution in [0.15, 0.2) is 53.7 Å². The normalized spacial score (nSPS) is 19.3. The Balaban J connectivity index is 1.75. The summed E-state index contributed by atoms with van der Waals surface area (Å²) in [5, 5.41) is 0.595. The number of amides is 1. The zero-order chi connectivity index (χ0) is 17.6. The quantitative estimate of drug-likeness (QED) is 0.675. The van der Waals surface area contributed by atoms with Crippen LogP contribution in [0, 0.1) is 0 Å².